The van der Waals surface area contributed by atoms with Crippen molar-refractivity contribution in [3.05, 3.63) is 11.4 Å². The highest BCUT2D eigenvalue weighted by Crippen LogP contribution is 2.18. The molecule has 2 heterocycles. The van der Waals surface area contributed by atoms with Crippen LogP contribution in [0.15, 0.2) is 0 Å². The second kappa shape index (κ2) is 5.71. The van der Waals surface area contributed by atoms with Crippen molar-refractivity contribution in [2.24, 2.45) is 0 Å². The molecule has 0 radical (unpaired) electrons. The van der Waals surface area contributed by atoms with Crippen molar-refractivity contribution in [1.29, 1.82) is 0 Å². The van der Waals surface area contributed by atoms with Gasteiger partial charge in [0.25, 0.3) is 0 Å². The summed E-state index contributed by atoms with van der Waals surface area (Å²) in [4.78, 5) is 2.24. The monoisotopic (exact) mass is 282 g/mol. The number of aliphatic hydroxyl groups is 1. The molecular weight excluding hydrogens is 256 g/mol. The molecule has 20 heavy (non-hydrogen) atoms. The molecule has 0 amide bonds. The second-order valence-corrected chi connectivity index (χ2v) is 6.26. The largest absolute Gasteiger partial charge is 0.396 e. The van der Waals surface area contributed by atoms with E-state index in [1.165, 1.54) is 0 Å². The molecule has 1 aromatic heterocycles. The topological polar surface area (TPSA) is 76.5 Å². The predicted octanol–water partition coefficient (Wildman–Crippen LogP) is 0.554. The van der Waals surface area contributed by atoms with Crippen molar-refractivity contribution in [3.8, 4) is 0 Å². The van der Waals surface area contributed by atoms with E-state index in [1.54, 1.807) is 4.68 Å². The molecule has 0 bridgehead atoms. The van der Waals surface area contributed by atoms with Crippen LogP contribution in [0.25, 0.3) is 0 Å². The van der Waals surface area contributed by atoms with Gasteiger partial charge in [0, 0.05) is 19.6 Å². The average Bonchev–Trinajstić information content (AvgIpc) is 2.55. The number of nitrogens with two attached hydrogens (primary N) is 1. The number of morpholine rings is 1. The minimum absolute atomic E-state index is 0.138. The fourth-order valence-electron chi connectivity index (χ4n) is 2.71. The first kappa shape index (κ1) is 15.3. The van der Waals surface area contributed by atoms with Crippen LogP contribution in [-0.2, 0) is 11.3 Å². The number of hydrogen-bond donors (Lipinski definition) is 2. The molecule has 0 spiro atoms. The summed E-state index contributed by atoms with van der Waals surface area (Å²) >= 11 is 0. The molecule has 2 rings (SSSR count). The van der Waals surface area contributed by atoms with E-state index in [1.807, 2.05) is 13.8 Å². The molecule has 0 aliphatic carbocycles. The van der Waals surface area contributed by atoms with E-state index in [-0.39, 0.29) is 5.60 Å². The fourth-order valence-corrected chi connectivity index (χ4v) is 2.71. The van der Waals surface area contributed by atoms with Crippen LogP contribution in [0.5, 0.6) is 0 Å². The van der Waals surface area contributed by atoms with Crippen LogP contribution < -0.4 is 5.73 Å². The lowest BCUT2D eigenvalue weighted by atomic mass is 10.1. The quantitative estimate of drug-likeness (QED) is 0.843. The summed E-state index contributed by atoms with van der Waals surface area (Å²) in [5.74, 6) is 0. The molecule has 6 nitrogen and oxygen atoms in total. The predicted molar refractivity (Wildman–Crippen MR) is 78.6 cm³/mol. The van der Waals surface area contributed by atoms with E-state index >= 15 is 0 Å². The highest BCUT2D eigenvalue weighted by molar-refractivity contribution is 5.46. The zero-order valence-electron chi connectivity index (χ0n) is 12.9. The van der Waals surface area contributed by atoms with E-state index in [9.17, 15) is 5.11 Å². The Hall–Kier alpha value is -1.11. The number of aromatic nitrogens is 2. The van der Waals surface area contributed by atoms with Gasteiger partial charge in [-0.2, -0.15) is 5.10 Å². The Labute approximate surface area is 120 Å². The molecule has 3 N–H and O–H groups in total. The summed E-state index contributed by atoms with van der Waals surface area (Å²) < 4.78 is 7.47. The van der Waals surface area contributed by atoms with E-state index in [0.29, 0.717) is 25.4 Å². The molecule has 0 saturated carbocycles. The van der Waals surface area contributed by atoms with Gasteiger partial charge in [-0.1, -0.05) is 0 Å². The van der Waals surface area contributed by atoms with Crippen molar-refractivity contribution in [2.45, 2.75) is 45.9 Å². The Morgan fingerprint density at radius 3 is 2.65 bits per heavy atom. The van der Waals surface area contributed by atoms with E-state index < -0.39 is 6.10 Å². The molecule has 114 valence electrons. The molecule has 1 atom stereocenters. The number of anilines is 1. The Balaban J connectivity index is 1.92. The van der Waals surface area contributed by atoms with Crippen LogP contribution in [0.1, 0.15) is 25.2 Å². The van der Waals surface area contributed by atoms with Gasteiger partial charge in [-0.25, -0.2) is 0 Å². The van der Waals surface area contributed by atoms with E-state index in [0.717, 1.165) is 24.5 Å². The smallest absolute Gasteiger partial charge is 0.0862 e. The molecule has 1 saturated heterocycles. The van der Waals surface area contributed by atoms with Crippen molar-refractivity contribution >= 4 is 5.69 Å². The maximum absolute atomic E-state index is 10.3. The van der Waals surface area contributed by atoms with Gasteiger partial charge >= 0.3 is 0 Å². The third kappa shape index (κ3) is 3.50. The second-order valence-electron chi connectivity index (χ2n) is 6.26. The van der Waals surface area contributed by atoms with Gasteiger partial charge in [0.15, 0.2) is 0 Å². The first-order valence-corrected chi connectivity index (χ1v) is 7.12. The molecule has 1 aliphatic heterocycles. The molecule has 1 fully saturated rings. The Bertz CT molecular complexity index is 470. The highest BCUT2D eigenvalue weighted by Gasteiger charge is 2.28. The number of nitrogen functional groups attached to an aromatic ring is 1. The molecule has 6 heteroatoms. The number of aliphatic hydroxyl groups excluding tert-OH is 1. The number of β-amino-alcohol motifs (C(OH)–C–C–N with tert-alkyl or cyclic N) is 1. The van der Waals surface area contributed by atoms with Crippen LogP contribution in [0.3, 0.4) is 0 Å². The number of nitrogens with zero attached hydrogens (tertiary/aromatic N) is 3. The lowest BCUT2D eigenvalue weighted by Gasteiger charge is -2.38. The maximum Gasteiger partial charge on any atom is 0.0862 e. The van der Waals surface area contributed by atoms with Crippen molar-refractivity contribution in [3.63, 3.8) is 0 Å². The summed E-state index contributed by atoms with van der Waals surface area (Å²) in [5, 5.41) is 14.6. The van der Waals surface area contributed by atoms with Gasteiger partial charge in [0.2, 0.25) is 0 Å². The van der Waals surface area contributed by atoms with Gasteiger partial charge in [0.1, 0.15) is 0 Å². The fraction of sp³-hybridized carbons (Fsp3) is 0.786. The number of hydrogen-bond acceptors (Lipinski definition) is 5. The standard InChI is InChI=1S/C14H26N4O2/c1-10-13(15)11(2)18(16-10)8-12(19)7-17-5-6-20-14(3,4)9-17/h12,19H,5-9,15H2,1-4H3. The van der Waals surface area contributed by atoms with Crippen molar-refractivity contribution in [1.82, 2.24) is 14.7 Å². The summed E-state index contributed by atoms with van der Waals surface area (Å²) in [7, 11) is 0. The number of rotatable bonds is 4. The first-order chi connectivity index (χ1) is 9.28. The van der Waals surface area contributed by atoms with Crippen LogP contribution in [0.2, 0.25) is 0 Å². The summed E-state index contributed by atoms with van der Waals surface area (Å²) in [6, 6.07) is 0. The van der Waals surface area contributed by atoms with Crippen molar-refractivity contribution in [2.75, 3.05) is 32.0 Å². The van der Waals surface area contributed by atoms with Gasteiger partial charge in [-0.15, -0.1) is 0 Å². The van der Waals surface area contributed by atoms with E-state index in [4.69, 9.17) is 10.5 Å². The van der Waals surface area contributed by atoms with Crippen LogP contribution in [0, 0.1) is 13.8 Å². The maximum atomic E-state index is 10.3. The third-order valence-electron chi connectivity index (χ3n) is 3.79. The van der Waals surface area contributed by atoms with Crippen LogP contribution in [-0.4, -0.2) is 57.7 Å². The van der Waals surface area contributed by atoms with Crippen molar-refractivity contribution < 1.29 is 9.84 Å². The van der Waals surface area contributed by atoms with Gasteiger partial charge < -0.3 is 15.6 Å². The summed E-state index contributed by atoms with van der Waals surface area (Å²) in [6.45, 7) is 11.5. The van der Waals surface area contributed by atoms with Gasteiger partial charge in [-0.05, 0) is 27.7 Å². The molecular formula is C14H26N4O2. The van der Waals surface area contributed by atoms with Gasteiger partial charge in [-0.3, -0.25) is 9.58 Å². The molecule has 1 aromatic rings. The minimum atomic E-state index is -0.457. The first-order valence-electron chi connectivity index (χ1n) is 7.12. The Morgan fingerprint density at radius 2 is 2.10 bits per heavy atom. The molecule has 1 unspecified atom stereocenters. The Morgan fingerprint density at radius 1 is 1.40 bits per heavy atom. The zero-order valence-corrected chi connectivity index (χ0v) is 12.9. The Kier molecular flexibility index (Phi) is 4.36. The van der Waals surface area contributed by atoms with E-state index in [2.05, 4.69) is 23.8 Å². The van der Waals surface area contributed by atoms with Gasteiger partial charge in [0.05, 0.1) is 41.9 Å². The summed E-state index contributed by atoms with van der Waals surface area (Å²) in [5.41, 5.74) is 8.22. The third-order valence-corrected chi connectivity index (χ3v) is 3.79. The van der Waals surface area contributed by atoms with Crippen LogP contribution in [0.4, 0.5) is 5.69 Å². The molecule has 1 aliphatic rings. The summed E-state index contributed by atoms with van der Waals surface area (Å²) in [6.07, 6.45) is -0.457. The normalized spacial score (nSPS) is 21.1. The highest BCUT2D eigenvalue weighted by atomic mass is 16.5. The lowest BCUT2D eigenvalue weighted by molar-refractivity contribution is -0.0938. The van der Waals surface area contributed by atoms with Crippen LogP contribution >= 0.6 is 0 Å². The molecule has 0 aromatic carbocycles. The SMILES string of the molecule is Cc1nn(CC(O)CN2CCOC(C)(C)C2)c(C)c1N. The average molecular weight is 282 g/mol. The minimum Gasteiger partial charge on any atom is -0.396 e. The zero-order chi connectivity index (χ0) is 14.9. The number of ether oxygens (including phenoxy) is 1. The lowest BCUT2D eigenvalue weighted by Crippen LogP contribution is -2.50. The number of aryl methyl sites for hydroxylation is 1.